The van der Waals surface area contributed by atoms with Crippen LogP contribution in [0.4, 0.5) is 0 Å². The van der Waals surface area contributed by atoms with Crippen molar-refractivity contribution < 1.29 is 4.79 Å². The van der Waals surface area contributed by atoms with Crippen molar-refractivity contribution in [2.75, 3.05) is 19.6 Å². The number of thiazole rings is 1. The Morgan fingerprint density at radius 1 is 1.26 bits per heavy atom. The first-order valence-electron chi connectivity index (χ1n) is 6.31. The third kappa shape index (κ3) is 3.87. The van der Waals surface area contributed by atoms with Crippen molar-refractivity contribution in [3.8, 4) is 10.6 Å². The fourth-order valence-electron chi connectivity index (χ4n) is 1.62. The summed E-state index contributed by atoms with van der Waals surface area (Å²) in [4.78, 5) is 16.2. The van der Waals surface area contributed by atoms with Crippen LogP contribution in [0.25, 0.3) is 10.6 Å². The smallest absolute Gasteiger partial charge is 0.270 e. The second-order valence-corrected chi connectivity index (χ2v) is 4.87. The van der Waals surface area contributed by atoms with Crippen LogP contribution in [0.3, 0.4) is 0 Å². The fourth-order valence-corrected chi connectivity index (χ4v) is 2.43. The van der Waals surface area contributed by atoms with Gasteiger partial charge >= 0.3 is 0 Å². The van der Waals surface area contributed by atoms with Crippen LogP contribution < -0.4 is 10.6 Å². The Hall–Kier alpha value is -1.72. The van der Waals surface area contributed by atoms with Crippen LogP contribution in [-0.4, -0.2) is 30.5 Å². The molecule has 2 N–H and O–H groups in total. The molecular weight excluding hydrogens is 258 g/mol. The standard InChI is InChI=1S/C14H17N3OS/c1-2-15-8-9-16-13(18)12-10-19-14(17-12)11-6-4-3-5-7-11/h3-7,10,15H,2,8-9H2,1H3,(H,16,18). The summed E-state index contributed by atoms with van der Waals surface area (Å²) in [6, 6.07) is 9.88. The molecule has 0 spiro atoms. The van der Waals surface area contributed by atoms with Crippen molar-refractivity contribution in [2.45, 2.75) is 6.92 Å². The van der Waals surface area contributed by atoms with E-state index in [2.05, 4.69) is 15.6 Å². The van der Waals surface area contributed by atoms with Crippen LogP contribution >= 0.6 is 11.3 Å². The third-order valence-corrected chi connectivity index (χ3v) is 3.49. The van der Waals surface area contributed by atoms with Crippen LogP contribution in [-0.2, 0) is 0 Å². The van der Waals surface area contributed by atoms with E-state index in [1.165, 1.54) is 11.3 Å². The summed E-state index contributed by atoms with van der Waals surface area (Å²) in [6.07, 6.45) is 0. The number of rotatable bonds is 6. The summed E-state index contributed by atoms with van der Waals surface area (Å²) < 4.78 is 0. The van der Waals surface area contributed by atoms with Gasteiger partial charge < -0.3 is 10.6 Å². The molecule has 4 nitrogen and oxygen atoms in total. The van der Waals surface area contributed by atoms with Gasteiger partial charge in [0.25, 0.3) is 5.91 Å². The molecule has 0 atom stereocenters. The van der Waals surface area contributed by atoms with E-state index in [0.29, 0.717) is 12.2 Å². The lowest BCUT2D eigenvalue weighted by Gasteiger charge is -2.03. The molecule has 0 radical (unpaired) electrons. The first-order valence-corrected chi connectivity index (χ1v) is 7.19. The van der Waals surface area contributed by atoms with Crippen LogP contribution in [0.1, 0.15) is 17.4 Å². The fraction of sp³-hybridized carbons (Fsp3) is 0.286. The van der Waals surface area contributed by atoms with Gasteiger partial charge in [-0.1, -0.05) is 37.3 Å². The quantitative estimate of drug-likeness (QED) is 0.794. The van der Waals surface area contributed by atoms with Crippen LogP contribution in [0.15, 0.2) is 35.7 Å². The van der Waals surface area contributed by atoms with E-state index < -0.39 is 0 Å². The number of likely N-dealkylation sites (N-methyl/N-ethyl adjacent to an activating group) is 1. The van der Waals surface area contributed by atoms with E-state index in [-0.39, 0.29) is 5.91 Å². The lowest BCUT2D eigenvalue weighted by molar-refractivity contribution is 0.0950. The summed E-state index contributed by atoms with van der Waals surface area (Å²) in [5.41, 5.74) is 1.53. The molecule has 5 heteroatoms. The van der Waals surface area contributed by atoms with Gasteiger partial charge in [0, 0.05) is 24.0 Å². The van der Waals surface area contributed by atoms with E-state index in [4.69, 9.17) is 0 Å². The highest BCUT2D eigenvalue weighted by Gasteiger charge is 2.10. The molecule has 0 bridgehead atoms. The van der Waals surface area contributed by atoms with Gasteiger partial charge in [-0.2, -0.15) is 0 Å². The normalized spacial score (nSPS) is 10.4. The molecule has 0 saturated carbocycles. The average molecular weight is 275 g/mol. The predicted octanol–water partition coefficient (Wildman–Crippen LogP) is 2.15. The highest BCUT2D eigenvalue weighted by molar-refractivity contribution is 7.13. The van der Waals surface area contributed by atoms with E-state index in [0.717, 1.165) is 23.7 Å². The summed E-state index contributed by atoms with van der Waals surface area (Å²) in [5, 5.41) is 8.66. The van der Waals surface area contributed by atoms with Gasteiger partial charge in [-0.25, -0.2) is 4.98 Å². The van der Waals surface area contributed by atoms with Gasteiger partial charge in [-0.05, 0) is 6.54 Å². The molecule has 2 aromatic rings. The molecule has 0 unspecified atom stereocenters. The summed E-state index contributed by atoms with van der Waals surface area (Å²) >= 11 is 1.49. The van der Waals surface area contributed by atoms with Crippen LogP contribution in [0.5, 0.6) is 0 Å². The van der Waals surface area contributed by atoms with E-state index in [9.17, 15) is 4.79 Å². The molecule has 1 heterocycles. The number of aromatic nitrogens is 1. The van der Waals surface area contributed by atoms with Crippen molar-refractivity contribution in [1.82, 2.24) is 15.6 Å². The molecule has 100 valence electrons. The lowest BCUT2D eigenvalue weighted by atomic mass is 10.2. The molecular formula is C14H17N3OS. The van der Waals surface area contributed by atoms with E-state index in [1.807, 2.05) is 37.3 Å². The van der Waals surface area contributed by atoms with Crippen LogP contribution in [0.2, 0.25) is 0 Å². The lowest BCUT2D eigenvalue weighted by Crippen LogP contribution is -2.31. The molecule has 2 rings (SSSR count). The highest BCUT2D eigenvalue weighted by atomic mass is 32.1. The Kier molecular flexibility index (Phi) is 5.06. The van der Waals surface area contributed by atoms with Gasteiger partial charge in [-0.15, -0.1) is 11.3 Å². The molecule has 0 aliphatic rings. The molecule has 0 aliphatic heterocycles. The number of amides is 1. The maximum absolute atomic E-state index is 11.9. The van der Waals surface area contributed by atoms with Gasteiger partial charge in [0.05, 0.1) is 0 Å². The second kappa shape index (κ2) is 7.01. The van der Waals surface area contributed by atoms with E-state index in [1.54, 1.807) is 5.38 Å². The molecule has 0 saturated heterocycles. The minimum Gasteiger partial charge on any atom is -0.349 e. The highest BCUT2D eigenvalue weighted by Crippen LogP contribution is 2.22. The maximum atomic E-state index is 11.9. The molecule has 1 aromatic heterocycles. The topological polar surface area (TPSA) is 54.0 Å². The predicted molar refractivity (Wildman–Crippen MR) is 78.4 cm³/mol. The Labute approximate surface area is 116 Å². The Morgan fingerprint density at radius 3 is 2.79 bits per heavy atom. The van der Waals surface area contributed by atoms with Crippen molar-refractivity contribution in [3.63, 3.8) is 0 Å². The Balaban J connectivity index is 1.95. The first-order chi connectivity index (χ1) is 9.31. The SMILES string of the molecule is CCNCCNC(=O)c1csc(-c2ccccc2)n1. The molecule has 1 amide bonds. The minimum atomic E-state index is -0.115. The summed E-state index contributed by atoms with van der Waals surface area (Å²) in [6.45, 7) is 4.34. The van der Waals surface area contributed by atoms with Gasteiger partial charge in [-0.3, -0.25) is 4.79 Å². The molecule has 0 aliphatic carbocycles. The first kappa shape index (κ1) is 13.7. The maximum Gasteiger partial charge on any atom is 0.270 e. The van der Waals surface area contributed by atoms with E-state index >= 15 is 0 Å². The second-order valence-electron chi connectivity index (χ2n) is 4.01. The Morgan fingerprint density at radius 2 is 2.05 bits per heavy atom. The number of carbonyl (C=O) groups is 1. The largest absolute Gasteiger partial charge is 0.349 e. The zero-order valence-electron chi connectivity index (χ0n) is 10.8. The minimum absolute atomic E-state index is 0.115. The van der Waals surface area contributed by atoms with Crippen molar-refractivity contribution >= 4 is 17.2 Å². The van der Waals surface area contributed by atoms with Gasteiger partial charge in [0.1, 0.15) is 10.7 Å². The summed E-state index contributed by atoms with van der Waals surface area (Å²) in [7, 11) is 0. The van der Waals surface area contributed by atoms with Crippen molar-refractivity contribution in [2.24, 2.45) is 0 Å². The number of hydrogen-bond donors (Lipinski definition) is 2. The zero-order chi connectivity index (χ0) is 13.5. The average Bonchev–Trinajstić information content (AvgIpc) is 2.94. The van der Waals surface area contributed by atoms with Gasteiger partial charge in [0.2, 0.25) is 0 Å². The van der Waals surface area contributed by atoms with Crippen LogP contribution in [0, 0.1) is 0 Å². The molecule has 19 heavy (non-hydrogen) atoms. The third-order valence-electron chi connectivity index (χ3n) is 2.59. The number of nitrogens with zero attached hydrogens (tertiary/aromatic N) is 1. The van der Waals surface area contributed by atoms with Crippen molar-refractivity contribution in [3.05, 3.63) is 41.4 Å². The summed E-state index contributed by atoms with van der Waals surface area (Å²) in [5.74, 6) is -0.115. The number of benzene rings is 1. The number of hydrogen-bond acceptors (Lipinski definition) is 4. The molecule has 0 fully saturated rings. The number of nitrogens with one attached hydrogen (secondary N) is 2. The number of carbonyl (C=O) groups excluding carboxylic acids is 1. The monoisotopic (exact) mass is 275 g/mol. The zero-order valence-corrected chi connectivity index (χ0v) is 11.7. The van der Waals surface area contributed by atoms with Gasteiger partial charge in [0.15, 0.2) is 0 Å². The molecule has 1 aromatic carbocycles. The van der Waals surface area contributed by atoms with Crippen molar-refractivity contribution in [1.29, 1.82) is 0 Å². The Bertz CT molecular complexity index is 524.